The van der Waals surface area contributed by atoms with E-state index in [0.717, 1.165) is 5.52 Å². The van der Waals surface area contributed by atoms with Gasteiger partial charge in [-0.25, -0.2) is 9.50 Å². The highest BCUT2D eigenvalue weighted by atomic mass is 32.2. The number of nitroso groups, excluding NO2 is 1. The molecule has 2 aromatic rings. The molecule has 1 atom stereocenters. The van der Waals surface area contributed by atoms with Crippen molar-refractivity contribution in [1.82, 2.24) is 14.6 Å². The molecule has 0 aromatic carbocycles. The molecule has 2 aromatic heterocycles. The van der Waals surface area contributed by atoms with Crippen molar-refractivity contribution in [3.63, 3.8) is 0 Å². The normalized spacial score (nSPS) is 12.9. The Kier molecular flexibility index (Phi) is 2.65. The predicted molar refractivity (Wildman–Crippen MR) is 57.5 cm³/mol. The van der Waals surface area contributed by atoms with Crippen LogP contribution in [0.4, 0.5) is 0 Å². The Hall–Kier alpha value is -1.47. The minimum Gasteiger partial charge on any atom is -0.302 e. The lowest BCUT2D eigenvalue weighted by Gasteiger charge is -2.03. The van der Waals surface area contributed by atoms with Crippen molar-refractivity contribution in [3.05, 3.63) is 28.9 Å². The summed E-state index contributed by atoms with van der Waals surface area (Å²) in [5.74, 6) is 0. The molecule has 0 bridgehead atoms. The molecule has 0 aliphatic heterocycles. The summed E-state index contributed by atoms with van der Waals surface area (Å²) < 4.78 is 1.59. The van der Waals surface area contributed by atoms with Crippen molar-refractivity contribution < 1.29 is 0 Å². The van der Waals surface area contributed by atoms with E-state index in [4.69, 9.17) is 5.73 Å². The van der Waals surface area contributed by atoms with Crippen LogP contribution in [0.1, 0.15) is 11.9 Å². The molecule has 7 heteroatoms. The van der Waals surface area contributed by atoms with Crippen molar-refractivity contribution in [2.24, 2.45) is 10.9 Å². The molecule has 0 spiro atoms. The number of rotatable bonds is 3. The van der Waals surface area contributed by atoms with Crippen LogP contribution in [0, 0.1) is 4.91 Å². The highest BCUT2D eigenvalue weighted by Gasteiger charge is 2.12. The second kappa shape index (κ2) is 3.95. The zero-order valence-corrected chi connectivity index (χ0v) is 8.81. The quantitative estimate of drug-likeness (QED) is 0.623. The molecule has 2 rings (SSSR count). The Morgan fingerprint density at radius 3 is 3.07 bits per heavy atom. The van der Waals surface area contributed by atoms with E-state index in [1.807, 2.05) is 6.26 Å². The van der Waals surface area contributed by atoms with Gasteiger partial charge in [-0.15, -0.1) is 10.0 Å². The maximum absolute atomic E-state index is 10.4. The molecule has 1 unspecified atom stereocenters. The van der Waals surface area contributed by atoms with Crippen LogP contribution in [0.15, 0.2) is 28.7 Å². The van der Waals surface area contributed by atoms with Gasteiger partial charge in [0.1, 0.15) is 0 Å². The van der Waals surface area contributed by atoms with Gasteiger partial charge in [-0.05, 0) is 23.6 Å². The molecule has 0 aliphatic rings. The summed E-state index contributed by atoms with van der Waals surface area (Å²) in [6.45, 7) is 0. The Morgan fingerprint density at radius 2 is 2.40 bits per heavy atom. The van der Waals surface area contributed by atoms with Gasteiger partial charge in [0.2, 0.25) is 5.16 Å². The van der Waals surface area contributed by atoms with Gasteiger partial charge in [-0.2, -0.15) is 0 Å². The van der Waals surface area contributed by atoms with Crippen LogP contribution >= 0.6 is 11.8 Å². The first kappa shape index (κ1) is 10.1. The fraction of sp³-hybridized carbons (Fsp3) is 0.250. The third-order valence-corrected chi connectivity index (χ3v) is 2.56. The highest BCUT2D eigenvalue weighted by molar-refractivity contribution is 7.98. The second-order valence-corrected chi connectivity index (χ2v) is 3.66. The molecule has 0 saturated carbocycles. The van der Waals surface area contributed by atoms with Gasteiger partial charge in [0.05, 0.1) is 17.4 Å². The first-order valence-electron chi connectivity index (χ1n) is 4.23. The molecule has 6 nitrogen and oxygen atoms in total. The van der Waals surface area contributed by atoms with Crippen LogP contribution in [-0.2, 0) is 0 Å². The summed E-state index contributed by atoms with van der Waals surface area (Å²) in [5, 5.41) is 7.61. The average Bonchev–Trinajstić information content (AvgIpc) is 2.70. The number of thioether (sulfide) groups is 1. The van der Waals surface area contributed by atoms with Crippen LogP contribution in [0.2, 0.25) is 0 Å². The van der Waals surface area contributed by atoms with Gasteiger partial charge in [0, 0.05) is 0 Å². The van der Waals surface area contributed by atoms with Crippen molar-refractivity contribution in [2.75, 3.05) is 6.26 Å². The van der Waals surface area contributed by atoms with Crippen LogP contribution in [0.5, 0.6) is 0 Å². The molecule has 0 saturated heterocycles. The van der Waals surface area contributed by atoms with Crippen molar-refractivity contribution in [2.45, 2.75) is 11.3 Å². The first-order chi connectivity index (χ1) is 7.26. The lowest BCUT2D eigenvalue weighted by atomic mass is 10.4. The molecule has 2 heterocycles. The summed E-state index contributed by atoms with van der Waals surface area (Å²) in [7, 11) is 0. The second-order valence-electron chi connectivity index (χ2n) is 2.89. The highest BCUT2D eigenvalue weighted by Crippen LogP contribution is 2.16. The van der Waals surface area contributed by atoms with Gasteiger partial charge in [-0.1, -0.05) is 11.8 Å². The third kappa shape index (κ3) is 1.71. The van der Waals surface area contributed by atoms with E-state index >= 15 is 0 Å². The summed E-state index contributed by atoms with van der Waals surface area (Å²) in [6.07, 6.45) is 2.67. The SMILES string of the molecule is CSc1ncc2ccc(C(N)N=O)n2n1. The van der Waals surface area contributed by atoms with E-state index in [2.05, 4.69) is 15.3 Å². The number of nitrogens with zero attached hydrogens (tertiary/aromatic N) is 4. The maximum atomic E-state index is 10.4. The molecule has 2 N–H and O–H groups in total. The molecule has 0 amide bonds. The van der Waals surface area contributed by atoms with Crippen LogP contribution in [0.3, 0.4) is 0 Å². The Morgan fingerprint density at radius 1 is 1.60 bits per heavy atom. The summed E-state index contributed by atoms with van der Waals surface area (Å²) in [4.78, 5) is 14.5. The monoisotopic (exact) mass is 223 g/mol. The molecular formula is C8H9N5OS. The van der Waals surface area contributed by atoms with Gasteiger partial charge in [0.15, 0.2) is 6.17 Å². The zero-order chi connectivity index (χ0) is 10.8. The zero-order valence-electron chi connectivity index (χ0n) is 7.99. The fourth-order valence-corrected chi connectivity index (χ4v) is 1.60. The molecule has 78 valence electrons. The number of hydrogen-bond donors (Lipinski definition) is 1. The number of hydrogen-bond acceptors (Lipinski definition) is 6. The van der Waals surface area contributed by atoms with Gasteiger partial charge >= 0.3 is 0 Å². The Bertz CT molecular complexity index is 497. The van der Waals surface area contributed by atoms with E-state index in [1.165, 1.54) is 11.8 Å². The van der Waals surface area contributed by atoms with Crippen LogP contribution in [-0.4, -0.2) is 20.9 Å². The van der Waals surface area contributed by atoms with Crippen LogP contribution < -0.4 is 5.73 Å². The summed E-state index contributed by atoms with van der Waals surface area (Å²) in [6, 6.07) is 3.52. The van der Waals surface area contributed by atoms with Crippen molar-refractivity contribution in [3.8, 4) is 0 Å². The number of fused-ring (bicyclic) bond motifs is 1. The Labute approximate surface area is 89.8 Å². The standard InChI is InChI=1S/C8H9N5OS/c1-15-8-10-4-5-2-3-6(7(9)12-14)13(5)11-8/h2-4,7H,9H2,1H3. The minimum absolute atomic E-state index is 0.567. The van der Waals surface area contributed by atoms with E-state index < -0.39 is 6.17 Å². The van der Waals surface area contributed by atoms with Gasteiger partial charge < -0.3 is 5.73 Å². The lowest BCUT2D eigenvalue weighted by Crippen LogP contribution is -2.11. The van der Waals surface area contributed by atoms with E-state index in [-0.39, 0.29) is 0 Å². The molecule has 0 radical (unpaired) electrons. The molecule has 0 fully saturated rings. The maximum Gasteiger partial charge on any atom is 0.207 e. The summed E-state index contributed by atoms with van der Waals surface area (Å²) in [5.41, 5.74) is 6.89. The Balaban J connectivity index is 2.60. The molecule has 0 aliphatic carbocycles. The first-order valence-corrected chi connectivity index (χ1v) is 5.45. The van der Waals surface area contributed by atoms with Crippen molar-refractivity contribution in [1.29, 1.82) is 0 Å². The van der Waals surface area contributed by atoms with Gasteiger partial charge in [-0.3, -0.25) is 0 Å². The average molecular weight is 223 g/mol. The largest absolute Gasteiger partial charge is 0.302 e. The fourth-order valence-electron chi connectivity index (χ4n) is 1.28. The lowest BCUT2D eigenvalue weighted by molar-refractivity contribution is 0.673. The number of nitrogens with two attached hydrogens (primary N) is 1. The van der Waals surface area contributed by atoms with Crippen LogP contribution in [0.25, 0.3) is 5.52 Å². The third-order valence-electron chi connectivity index (χ3n) is 2.01. The van der Waals surface area contributed by atoms with E-state index in [1.54, 1.807) is 22.8 Å². The molecular weight excluding hydrogens is 214 g/mol. The predicted octanol–water partition coefficient (Wildman–Crippen LogP) is 1.17. The van der Waals surface area contributed by atoms with E-state index in [9.17, 15) is 4.91 Å². The molecule has 15 heavy (non-hydrogen) atoms. The van der Waals surface area contributed by atoms with Gasteiger partial charge in [0.25, 0.3) is 0 Å². The minimum atomic E-state index is -0.892. The topological polar surface area (TPSA) is 85.6 Å². The summed E-state index contributed by atoms with van der Waals surface area (Å²) >= 11 is 1.42. The van der Waals surface area contributed by atoms with Crippen molar-refractivity contribution >= 4 is 17.3 Å². The smallest absolute Gasteiger partial charge is 0.207 e. The van der Waals surface area contributed by atoms with E-state index in [0.29, 0.717) is 10.9 Å². The number of aromatic nitrogens is 3.